The van der Waals surface area contributed by atoms with Gasteiger partial charge in [0.05, 0.1) is 18.4 Å². The lowest BCUT2D eigenvalue weighted by atomic mass is 10.0. The molecule has 0 spiro atoms. The van der Waals surface area contributed by atoms with Gasteiger partial charge in [0, 0.05) is 17.3 Å². The summed E-state index contributed by atoms with van der Waals surface area (Å²) in [5.74, 6) is 0.367. The highest BCUT2D eigenvalue weighted by Gasteiger charge is 2.15. The predicted octanol–water partition coefficient (Wildman–Crippen LogP) is 5.30. The highest BCUT2D eigenvalue weighted by Crippen LogP contribution is 2.32. The van der Waals surface area contributed by atoms with Gasteiger partial charge in [-0.3, -0.25) is 0 Å². The number of carbonyl (C=O) groups excluding carboxylic acids is 1. The van der Waals surface area contributed by atoms with E-state index >= 15 is 0 Å². The Kier molecular flexibility index (Phi) is 5.19. The number of ether oxygens (including phenoxy) is 1. The molecule has 1 N–H and O–H groups in total. The van der Waals surface area contributed by atoms with Gasteiger partial charge in [0.2, 0.25) is 0 Å². The number of esters is 1. The maximum Gasteiger partial charge on any atom is 0.338 e. The average molecular weight is 335 g/mol. The van der Waals surface area contributed by atoms with Gasteiger partial charge in [0.25, 0.3) is 0 Å². The number of furan rings is 1. The summed E-state index contributed by atoms with van der Waals surface area (Å²) >= 11 is 0. The number of hydrogen-bond acceptors (Lipinski definition) is 4. The molecule has 4 heteroatoms. The molecule has 1 unspecified atom stereocenters. The standard InChI is InChI=1S/C21H21NO3/c1-3-24-21(23)17-11-12-19(18(14-17)20-10-7-13-25-20)22-15(2)16-8-5-4-6-9-16/h4-15,22H,3H2,1-2H3. The fourth-order valence-corrected chi connectivity index (χ4v) is 2.71. The van der Waals surface area contributed by atoms with E-state index in [1.165, 1.54) is 5.56 Å². The maximum absolute atomic E-state index is 12.0. The van der Waals surface area contributed by atoms with E-state index in [0.29, 0.717) is 17.9 Å². The van der Waals surface area contributed by atoms with Crippen LogP contribution in [0.25, 0.3) is 11.3 Å². The van der Waals surface area contributed by atoms with Crippen LogP contribution in [0.15, 0.2) is 71.3 Å². The molecule has 1 heterocycles. The quantitative estimate of drug-likeness (QED) is 0.621. The number of nitrogens with one attached hydrogen (secondary N) is 1. The minimum atomic E-state index is -0.335. The molecule has 0 saturated heterocycles. The van der Waals surface area contributed by atoms with Crippen molar-refractivity contribution in [2.75, 3.05) is 11.9 Å². The Balaban J connectivity index is 1.94. The molecule has 2 aromatic carbocycles. The summed E-state index contributed by atoms with van der Waals surface area (Å²) in [4.78, 5) is 12.0. The SMILES string of the molecule is CCOC(=O)c1ccc(NC(C)c2ccccc2)c(-c2ccco2)c1. The average Bonchev–Trinajstić information content (AvgIpc) is 3.17. The lowest BCUT2D eigenvalue weighted by Crippen LogP contribution is -2.09. The molecule has 1 atom stereocenters. The monoisotopic (exact) mass is 335 g/mol. The second-order valence-corrected chi connectivity index (χ2v) is 5.73. The van der Waals surface area contributed by atoms with Crippen molar-refractivity contribution < 1.29 is 13.9 Å². The van der Waals surface area contributed by atoms with E-state index in [4.69, 9.17) is 9.15 Å². The number of benzene rings is 2. The van der Waals surface area contributed by atoms with Crippen LogP contribution in [0, 0.1) is 0 Å². The third-order valence-electron chi connectivity index (χ3n) is 3.99. The van der Waals surface area contributed by atoms with Gasteiger partial charge in [-0.15, -0.1) is 0 Å². The summed E-state index contributed by atoms with van der Waals surface area (Å²) in [6.07, 6.45) is 1.62. The van der Waals surface area contributed by atoms with Crippen LogP contribution < -0.4 is 5.32 Å². The van der Waals surface area contributed by atoms with Crippen LogP contribution in [0.5, 0.6) is 0 Å². The lowest BCUT2D eigenvalue weighted by molar-refractivity contribution is 0.0526. The molecule has 0 amide bonds. The molecule has 0 aliphatic carbocycles. The van der Waals surface area contributed by atoms with Crippen LogP contribution in [0.4, 0.5) is 5.69 Å². The summed E-state index contributed by atoms with van der Waals surface area (Å²) < 4.78 is 10.7. The minimum Gasteiger partial charge on any atom is -0.464 e. The number of anilines is 1. The van der Waals surface area contributed by atoms with Gasteiger partial charge in [0.15, 0.2) is 0 Å². The van der Waals surface area contributed by atoms with Gasteiger partial charge >= 0.3 is 5.97 Å². The lowest BCUT2D eigenvalue weighted by Gasteiger charge is -2.18. The zero-order valence-electron chi connectivity index (χ0n) is 14.4. The van der Waals surface area contributed by atoms with Crippen molar-refractivity contribution in [2.45, 2.75) is 19.9 Å². The van der Waals surface area contributed by atoms with Crippen LogP contribution in [-0.2, 0) is 4.74 Å². The van der Waals surface area contributed by atoms with Crippen LogP contribution >= 0.6 is 0 Å². The third kappa shape index (κ3) is 3.91. The highest BCUT2D eigenvalue weighted by atomic mass is 16.5. The predicted molar refractivity (Wildman–Crippen MR) is 98.6 cm³/mol. The first kappa shape index (κ1) is 16.8. The zero-order chi connectivity index (χ0) is 17.6. The molecule has 0 bridgehead atoms. The molecule has 3 rings (SSSR count). The van der Waals surface area contributed by atoms with E-state index < -0.39 is 0 Å². The van der Waals surface area contributed by atoms with Crippen LogP contribution in [0.3, 0.4) is 0 Å². The molecule has 128 valence electrons. The fraction of sp³-hybridized carbons (Fsp3) is 0.190. The van der Waals surface area contributed by atoms with Crippen molar-refractivity contribution in [1.29, 1.82) is 0 Å². The van der Waals surface area contributed by atoms with E-state index in [1.54, 1.807) is 25.3 Å². The summed E-state index contributed by atoms with van der Waals surface area (Å²) in [6, 6.07) is 19.5. The van der Waals surface area contributed by atoms with Gasteiger partial charge in [0.1, 0.15) is 5.76 Å². The van der Waals surface area contributed by atoms with Crippen molar-refractivity contribution in [1.82, 2.24) is 0 Å². The maximum atomic E-state index is 12.0. The summed E-state index contributed by atoms with van der Waals surface area (Å²) in [5, 5.41) is 3.50. The Morgan fingerprint density at radius 2 is 1.92 bits per heavy atom. The molecule has 0 fully saturated rings. The van der Waals surface area contributed by atoms with Gasteiger partial charge in [-0.05, 0) is 49.7 Å². The first-order chi connectivity index (χ1) is 12.2. The zero-order valence-corrected chi connectivity index (χ0v) is 14.4. The summed E-state index contributed by atoms with van der Waals surface area (Å²) in [7, 11) is 0. The van der Waals surface area contributed by atoms with E-state index in [2.05, 4.69) is 24.4 Å². The van der Waals surface area contributed by atoms with Gasteiger partial charge in [-0.2, -0.15) is 0 Å². The molecule has 4 nitrogen and oxygen atoms in total. The molecule has 3 aromatic rings. The van der Waals surface area contributed by atoms with Crippen molar-refractivity contribution >= 4 is 11.7 Å². The molecule has 0 saturated carbocycles. The smallest absolute Gasteiger partial charge is 0.338 e. The second-order valence-electron chi connectivity index (χ2n) is 5.73. The van der Waals surface area contributed by atoms with Gasteiger partial charge < -0.3 is 14.5 Å². The largest absolute Gasteiger partial charge is 0.464 e. The Bertz CT molecular complexity index is 826. The van der Waals surface area contributed by atoms with Crippen molar-refractivity contribution in [3.8, 4) is 11.3 Å². The highest BCUT2D eigenvalue weighted by molar-refractivity contribution is 5.93. The fourth-order valence-electron chi connectivity index (χ4n) is 2.71. The second kappa shape index (κ2) is 7.71. The summed E-state index contributed by atoms with van der Waals surface area (Å²) in [5.41, 5.74) is 3.42. The van der Waals surface area contributed by atoms with Gasteiger partial charge in [-0.1, -0.05) is 30.3 Å². The molecule has 0 aliphatic heterocycles. The van der Waals surface area contributed by atoms with Crippen LogP contribution in [0.1, 0.15) is 35.8 Å². The molecular formula is C21H21NO3. The molecule has 1 aromatic heterocycles. The van der Waals surface area contributed by atoms with Crippen LogP contribution in [-0.4, -0.2) is 12.6 Å². The van der Waals surface area contributed by atoms with Crippen molar-refractivity contribution in [3.63, 3.8) is 0 Å². The molecule has 0 radical (unpaired) electrons. The van der Waals surface area contributed by atoms with E-state index in [0.717, 1.165) is 11.3 Å². The number of carbonyl (C=O) groups is 1. The molecule has 0 aliphatic rings. The van der Waals surface area contributed by atoms with Crippen molar-refractivity contribution in [2.24, 2.45) is 0 Å². The Hall–Kier alpha value is -3.01. The number of hydrogen-bond donors (Lipinski definition) is 1. The topological polar surface area (TPSA) is 51.5 Å². The van der Waals surface area contributed by atoms with Crippen molar-refractivity contribution in [3.05, 3.63) is 78.1 Å². The Morgan fingerprint density at radius 3 is 2.60 bits per heavy atom. The Morgan fingerprint density at radius 1 is 1.12 bits per heavy atom. The van der Waals surface area contributed by atoms with E-state index in [9.17, 15) is 4.79 Å². The third-order valence-corrected chi connectivity index (χ3v) is 3.99. The minimum absolute atomic E-state index is 0.114. The molecule has 25 heavy (non-hydrogen) atoms. The van der Waals surface area contributed by atoms with E-state index in [1.807, 2.05) is 36.4 Å². The van der Waals surface area contributed by atoms with E-state index in [-0.39, 0.29) is 12.0 Å². The normalized spacial score (nSPS) is 11.8. The van der Waals surface area contributed by atoms with Crippen LogP contribution in [0.2, 0.25) is 0 Å². The number of rotatable bonds is 6. The molecular weight excluding hydrogens is 314 g/mol. The summed E-state index contributed by atoms with van der Waals surface area (Å²) in [6.45, 7) is 4.24. The first-order valence-corrected chi connectivity index (χ1v) is 8.35. The Labute approximate surface area is 147 Å². The first-order valence-electron chi connectivity index (χ1n) is 8.35. The van der Waals surface area contributed by atoms with Gasteiger partial charge in [-0.25, -0.2) is 4.79 Å².